The van der Waals surface area contributed by atoms with E-state index in [9.17, 15) is 4.79 Å². The molecule has 7 heteroatoms. The second-order valence-corrected chi connectivity index (χ2v) is 9.13. The number of rotatable bonds is 9. The molecule has 2 aromatic carbocycles. The summed E-state index contributed by atoms with van der Waals surface area (Å²) in [5.74, 6) is 0.147. The molecule has 0 spiro atoms. The van der Waals surface area contributed by atoms with Crippen LogP contribution in [-0.4, -0.2) is 39.1 Å². The van der Waals surface area contributed by atoms with Crippen LogP contribution >= 0.6 is 23.2 Å². The molecule has 1 amide bonds. The number of benzene rings is 2. The maximum atomic E-state index is 12.9. The highest BCUT2D eigenvalue weighted by Crippen LogP contribution is 2.39. The molecule has 1 heterocycles. The highest BCUT2D eigenvalue weighted by Gasteiger charge is 2.25. The number of amides is 1. The number of hydrogen-bond donors (Lipinski definition) is 3. The van der Waals surface area contributed by atoms with Crippen LogP contribution in [0.1, 0.15) is 60.0 Å². The van der Waals surface area contributed by atoms with Crippen molar-refractivity contribution in [3.63, 3.8) is 0 Å². The Kier molecular flexibility index (Phi) is 9.09. The number of nitrogens with one attached hydrogen (secondary N) is 2. The molecule has 1 atom stereocenters. The van der Waals surface area contributed by atoms with E-state index in [1.54, 1.807) is 7.05 Å². The molecule has 4 N–H and O–H groups in total. The third-order valence-electron chi connectivity index (χ3n) is 6.24. The van der Waals surface area contributed by atoms with E-state index >= 15 is 0 Å². The first kappa shape index (κ1) is 24.7. The van der Waals surface area contributed by atoms with Crippen molar-refractivity contribution in [1.29, 1.82) is 0 Å². The van der Waals surface area contributed by atoms with Crippen molar-refractivity contribution in [3.8, 4) is 0 Å². The van der Waals surface area contributed by atoms with Crippen LogP contribution in [0.5, 0.6) is 0 Å². The van der Waals surface area contributed by atoms with Crippen LogP contribution in [0.25, 0.3) is 0 Å². The van der Waals surface area contributed by atoms with Crippen LogP contribution < -0.4 is 21.3 Å². The van der Waals surface area contributed by atoms with Crippen LogP contribution in [0.15, 0.2) is 30.3 Å². The lowest BCUT2D eigenvalue weighted by Crippen LogP contribution is -2.33. The Hall–Kier alpha value is -1.95. The number of carbonyl (C=O) groups excluding carboxylic acids is 1. The highest BCUT2D eigenvalue weighted by atomic mass is 35.5. The molecule has 0 aromatic heterocycles. The van der Waals surface area contributed by atoms with Gasteiger partial charge in [0, 0.05) is 38.8 Å². The summed E-state index contributed by atoms with van der Waals surface area (Å²) in [4.78, 5) is 15.3. The quantitative estimate of drug-likeness (QED) is 0.449. The van der Waals surface area contributed by atoms with Crippen LogP contribution in [0, 0.1) is 0 Å². The van der Waals surface area contributed by atoms with E-state index < -0.39 is 0 Å². The van der Waals surface area contributed by atoms with Gasteiger partial charge in [0.05, 0.1) is 21.4 Å². The Bertz CT molecular complexity index is 928. The fourth-order valence-corrected chi connectivity index (χ4v) is 4.84. The fraction of sp³-hybridized carbons (Fsp3) is 0.480. The molecule has 5 nitrogen and oxygen atoms in total. The van der Waals surface area contributed by atoms with Crippen molar-refractivity contribution < 1.29 is 4.79 Å². The Morgan fingerprint density at radius 3 is 2.50 bits per heavy atom. The van der Waals surface area contributed by atoms with Gasteiger partial charge in [0.15, 0.2) is 0 Å². The third-order valence-corrected chi connectivity index (χ3v) is 6.98. The van der Waals surface area contributed by atoms with Gasteiger partial charge in [-0.15, -0.1) is 0 Å². The lowest BCUT2D eigenvalue weighted by Gasteiger charge is -2.34. The van der Waals surface area contributed by atoms with Gasteiger partial charge in [0.2, 0.25) is 0 Å². The molecule has 1 fully saturated rings. The lowest BCUT2D eigenvalue weighted by molar-refractivity contribution is 0.0962. The number of nitrogens with zero attached hydrogens (tertiary/aromatic N) is 1. The van der Waals surface area contributed by atoms with E-state index in [0.29, 0.717) is 23.1 Å². The molecule has 174 valence electrons. The van der Waals surface area contributed by atoms with Crippen LogP contribution in [0.4, 0.5) is 11.4 Å². The van der Waals surface area contributed by atoms with E-state index in [4.69, 9.17) is 28.9 Å². The molecule has 0 bridgehead atoms. The smallest absolute Gasteiger partial charge is 0.251 e. The molecule has 0 saturated carbocycles. The minimum Gasteiger partial charge on any atom is -0.382 e. The maximum Gasteiger partial charge on any atom is 0.251 e. The van der Waals surface area contributed by atoms with Gasteiger partial charge in [-0.2, -0.15) is 0 Å². The number of piperidine rings is 1. The summed E-state index contributed by atoms with van der Waals surface area (Å²) in [6, 6.07) is 9.80. The minimum atomic E-state index is -0.0624. The van der Waals surface area contributed by atoms with Crippen LogP contribution in [0.3, 0.4) is 0 Å². The predicted molar refractivity (Wildman–Crippen MR) is 137 cm³/mol. The summed E-state index contributed by atoms with van der Waals surface area (Å²) in [6.07, 6.45) is 5.22. The van der Waals surface area contributed by atoms with Crippen molar-refractivity contribution in [2.45, 2.75) is 44.9 Å². The van der Waals surface area contributed by atoms with Crippen molar-refractivity contribution in [3.05, 3.63) is 57.1 Å². The molecule has 3 rings (SSSR count). The van der Waals surface area contributed by atoms with Gasteiger partial charge < -0.3 is 21.3 Å². The summed E-state index contributed by atoms with van der Waals surface area (Å²) >= 11 is 12.5. The van der Waals surface area contributed by atoms with Crippen molar-refractivity contribution >= 4 is 40.5 Å². The second kappa shape index (κ2) is 11.8. The zero-order valence-corrected chi connectivity index (χ0v) is 20.5. The molecule has 1 aliphatic heterocycles. The Labute approximate surface area is 201 Å². The van der Waals surface area contributed by atoms with Gasteiger partial charge in [-0.05, 0) is 73.4 Å². The molecule has 1 saturated heterocycles. The molecule has 2 aromatic rings. The summed E-state index contributed by atoms with van der Waals surface area (Å²) < 4.78 is 0. The van der Waals surface area contributed by atoms with Gasteiger partial charge >= 0.3 is 0 Å². The van der Waals surface area contributed by atoms with E-state index in [0.717, 1.165) is 66.8 Å². The monoisotopic (exact) mass is 476 g/mol. The lowest BCUT2D eigenvalue weighted by atomic mass is 9.86. The number of hydrogen-bond acceptors (Lipinski definition) is 4. The number of anilines is 2. The van der Waals surface area contributed by atoms with Gasteiger partial charge in [-0.25, -0.2) is 0 Å². The summed E-state index contributed by atoms with van der Waals surface area (Å²) in [7, 11) is 1.68. The third kappa shape index (κ3) is 5.69. The van der Waals surface area contributed by atoms with E-state index in [1.165, 1.54) is 6.42 Å². The molecule has 32 heavy (non-hydrogen) atoms. The molecule has 0 aliphatic carbocycles. The average Bonchev–Trinajstić information content (AvgIpc) is 2.82. The van der Waals surface area contributed by atoms with Crippen LogP contribution in [0.2, 0.25) is 10.0 Å². The number of nitrogens with two attached hydrogens (primary N) is 1. The summed E-state index contributed by atoms with van der Waals surface area (Å²) in [5.41, 5.74) is 10.9. The van der Waals surface area contributed by atoms with Gasteiger partial charge in [0.1, 0.15) is 0 Å². The minimum absolute atomic E-state index is 0.0624. The zero-order chi connectivity index (χ0) is 23.1. The first-order chi connectivity index (χ1) is 15.5. The molecule has 1 unspecified atom stereocenters. The van der Waals surface area contributed by atoms with Crippen LogP contribution in [-0.2, 0) is 6.42 Å². The normalized spacial score (nSPS) is 14.8. The first-order valence-corrected chi connectivity index (χ1v) is 12.3. The SMILES string of the molecule is CCC(Cc1c(C(=O)NC)ccc(NCCN)c1N1CCCCC1)c1ccc(Cl)c(Cl)c1. The average molecular weight is 477 g/mol. The van der Waals surface area contributed by atoms with Gasteiger partial charge in [-0.1, -0.05) is 36.2 Å². The first-order valence-electron chi connectivity index (χ1n) is 11.5. The fourth-order valence-electron chi connectivity index (χ4n) is 4.53. The van der Waals surface area contributed by atoms with Crippen molar-refractivity contribution in [2.24, 2.45) is 5.73 Å². The number of carbonyl (C=O) groups is 1. The standard InChI is InChI=1S/C25H34Cl2N4O/c1-3-17(18-7-9-21(26)22(27)16-18)15-20-19(25(32)29-2)8-10-23(30-12-11-28)24(20)31-13-5-4-6-14-31/h7-10,16-17,30H,3-6,11-15,28H2,1-2H3,(H,29,32). The molecular weight excluding hydrogens is 443 g/mol. The Balaban J connectivity index is 2.12. The number of halogens is 2. The maximum absolute atomic E-state index is 12.9. The Morgan fingerprint density at radius 1 is 1.12 bits per heavy atom. The zero-order valence-electron chi connectivity index (χ0n) is 19.0. The van der Waals surface area contributed by atoms with E-state index in [-0.39, 0.29) is 11.8 Å². The van der Waals surface area contributed by atoms with Gasteiger partial charge in [-0.3, -0.25) is 4.79 Å². The highest BCUT2D eigenvalue weighted by molar-refractivity contribution is 6.42. The van der Waals surface area contributed by atoms with E-state index in [1.807, 2.05) is 30.3 Å². The van der Waals surface area contributed by atoms with Crippen molar-refractivity contribution in [2.75, 3.05) is 43.4 Å². The molecular formula is C25H34Cl2N4O. The molecule has 0 radical (unpaired) electrons. The summed E-state index contributed by atoms with van der Waals surface area (Å²) in [6.45, 7) is 5.39. The molecule has 1 aliphatic rings. The van der Waals surface area contributed by atoms with Crippen molar-refractivity contribution in [1.82, 2.24) is 5.32 Å². The largest absolute Gasteiger partial charge is 0.382 e. The topological polar surface area (TPSA) is 70.4 Å². The second-order valence-electron chi connectivity index (χ2n) is 8.31. The van der Waals surface area contributed by atoms with Gasteiger partial charge in [0.25, 0.3) is 5.91 Å². The Morgan fingerprint density at radius 2 is 1.88 bits per heavy atom. The predicted octanol–water partition coefficient (Wildman–Crippen LogP) is 5.45. The summed E-state index contributed by atoms with van der Waals surface area (Å²) in [5, 5.41) is 7.43. The van der Waals surface area contributed by atoms with E-state index in [2.05, 4.69) is 22.5 Å².